The second kappa shape index (κ2) is 6.31. The van der Waals surface area contributed by atoms with Crippen molar-refractivity contribution in [3.63, 3.8) is 0 Å². The van der Waals surface area contributed by atoms with Crippen molar-refractivity contribution in [2.45, 2.75) is 25.8 Å². The van der Waals surface area contributed by atoms with Gasteiger partial charge >= 0.3 is 5.97 Å². The molecule has 0 aliphatic carbocycles. The minimum Gasteiger partial charge on any atom is -0.464 e. The Kier molecular flexibility index (Phi) is 4.49. The predicted octanol–water partition coefficient (Wildman–Crippen LogP) is 0.686. The summed E-state index contributed by atoms with van der Waals surface area (Å²) >= 11 is 0. The smallest absolute Gasteiger partial charge is 0.358 e. The Balaban J connectivity index is 1.91. The lowest BCUT2D eigenvalue weighted by molar-refractivity contribution is -0.129. The normalized spacial score (nSPS) is 17.9. The van der Waals surface area contributed by atoms with Crippen molar-refractivity contribution in [2.75, 3.05) is 25.5 Å². The van der Waals surface area contributed by atoms with Crippen LogP contribution < -0.4 is 5.32 Å². The molecule has 7 heteroatoms. The van der Waals surface area contributed by atoms with Crippen molar-refractivity contribution in [3.8, 4) is 0 Å². The first-order chi connectivity index (χ1) is 9.63. The second-order valence-electron chi connectivity index (χ2n) is 4.62. The van der Waals surface area contributed by atoms with Gasteiger partial charge < -0.3 is 15.0 Å². The lowest BCUT2D eigenvalue weighted by atomic mass is 10.2. The number of carbonyl (C=O) groups excluding carboxylic acids is 2. The van der Waals surface area contributed by atoms with E-state index in [9.17, 15) is 9.59 Å². The van der Waals surface area contributed by atoms with Crippen molar-refractivity contribution in [2.24, 2.45) is 0 Å². The third-order valence-electron chi connectivity index (χ3n) is 3.25. The summed E-state index contributed by atoms with van der Waals surface area (Å²) in [5.41, 5.74) is 0.173. The van der Waals surface area contributed by atoms with Crippen molar-refractivity contribution in [1.82, 2.24) is 15.1 Å². The Morgan fingerprint density at radius 2 is 2.25 bits per heavy atom. The molecule has 1 amide bonds. The zero-order chi connectivity index (χ0) is 14.5. The molecule has 0 bridgehead atoms. The van der Waals surface area contributed by atoms with Crippen LogP contribution in [0.3, 0.4) is 0 Å². The molecule has 1 aliphatic rings. The van der Waals surface area contributed by atoms with Crippen LogP contribution in [0.2, 0.25) is 0 Å². The number of anilines is 1. The Labute approximate surface area is 117 Å². The van der Waals surface area contributed by atoms with Crippen molar-refractivity contribution in [3.05, 3.63) is 17.8 Å². The molecule has 0 radical (unpaired) electrons. The monoisotopic (exact) mass is 278 g/mol. The second-order valence-corrected chi connectivity index (χ2v) is 4.62. The predicted molar refractivity (Wildman–Crippen MR) is 72.3 cm³/mol. The van der Waals surface area contributed by atoms with E-state index in [0.717, 1.165) is 13.0 Å². The molecule has 20 heavy (non-hydrogen) atoms. The first-order valence-corrected chi connectivity index (χ1v) is 6.60. The molecule has 1 aromatic rings. The third-order valence-corrected chi connectivity index (χ3v) is 3.25. The average molecular weight is 278 g/mol. The molecule has 2 rings (SSSR count). The Hall–Kier alpha value is -2.18. The SMILES string of the molecule is CCC(=O)N1CCC(Nc2ccc(C(=O)OC)nn2)C1. The van der Waals surface area contributed by atoms with Crippen LogP contribution in [-0.2, 0) is 9.53 Å². The topological polar surface area (TPSA) is 84.4 Å². The molecule has 1 atom stereocenters. The molecule has 108 valence electrons. The fourth-order valence-electron chi connectivity index (χ4n) is 2.16. The highest BCUT2D eigenvalue weighted by Crippen LogP contribution is 2.15. The molecule has 0 aromatic carbocycles. The van der Waals surface area contributed by atoms with E-state index < -0.39 is 5.97 Å². The van der Waals surface area contributed by atoms with Crippen LogP contribution in [-0.4, -0.2) is 53.2 Å². The Morgan fingerprint density at radius 1 is 1.45 bits per heavy atom. The molecule has 1 aliphatic heterocycles. The minimum atomic E-state index is -0.510. The van der Waals surface area contributed by atoms with Gasteiger partial charge in [0.25, 0.3) is 0 Å². The zero-order valence-corrected chi connectivity index (χ0v) is 11.6. The van der Waals surface area contributed by atoms with Gasteiger partial charge in [0.1, 0.15) is 5.82 Å². The van der Waals surface area contributed by atoms with Gasteiger partial charge in [-0.15, -0.1) is 10.2 Å². The lowest BCUT2D eigenvalue weighted by Gasteiger charge is -2.16. The number of hydrogen-bond acceptors (Lipinski definition) is 6. The lowest BCUT2D eigenvalue weighted by Crippen LogP contribution is -2.31. The van der Waals surface area contributed by atoms with Gasteiger partial charge in [-0.2, -0.15) is 0 Å². The number of methoxy groups -OCH3 is 1. The Bertz CT molecular complexity index is 489. The summed E-state index contributed by atoms with van der Waals surface area (Å²) < 4.78 is 4.56. The molecule has 1 aromatic heterocycles. The number of ether oxygens (including phenoxy) is 1. The Morgan fingerprint density at radius 3 is 2.85 bits per heavy atom. The first-order valence-electron chi connectivity index (χ1n) is 6.60. The summed E-state index contributed by atoms with van der Waals surface area (Å²) in [4.78, 5) is 24.7. The van der Waals surface area contributed by atoms with Crippen LogP contribution in [0.4, 0.5) is 5.82 Å². The van der Waals surface area contributed by atoms with Crippen LogP contribution in [0.25, 0.3) is 0 Å². The highest BCUT2D eigenvalue weighted by atomic mass is 16.5. The van der Waals surface area contributed by atoms with Gasteiger partial charge in [-0.25, -0.2) is 4.79 Å². The number of rotatable bonds is 4. The summed E-state index contributed by atoms with van der Waals surface area (Å²) in [6.07, 6.45) is 1.41. The van der Waals surface area contributed by atoms with E-state index in [1.54, 1.807) is 12.1 Å². The molecule has 1 saturated heterocycles. The summed E-state index contributed by atoms with van der Waals surface area (Å²) in [5.74, 6) is 0.250. The molecule has 0 spiro atoms. The number of likely N-dealkylation sites (tertiary alicyclic amines) is 1. The van der Waals surface area contributed by atoms with Crippen LogP contribution >= 0.6 is 0 Å². The third kappa shape index (κ3) is 3.23. The van der Waals surface area contributed by atoms with Crippen molar-refractivity contribution < 1.29 is 14.3 Å². The fraction of sp³-hybridized carbons (Fsp3) is 0.538. The zero-order valence-electron chi connectivity index (χ0n) is 11.6. The van der Waals surface area contributed by atoms with Gasteiger partial charge in [0, 0.05) is 25.6 Å². The molecule has 0 saturated carbocycles. The van der Waals surface area contributed by atoms with Gasteiger partial charge in [0.15, 0.2) is 5.69 Å². The van der Waals surface area contributed by atoms with Gasteiger partial charge in [-0.1, -0.05) is 6.92 Å². The molecule has 2 heterocycles. The van der Waals surface area contributed by atoms with Gasteiger partial charge in [-0.3, -0.25) is 4.79 Å². The number of carbonyl (C=O) groups is 2. The van der Waals surface area contributed by atoms with Crippen molar-refractivity contribution >= 4 is 17.7 Å². The van der Waals surface area contributed by atoms with Gasteiger partial charge in [0.2, 0.25) is 5.91 Å². The maximum absolute atomic E-state index is 11.6. The van der Waals surface area contributed by atoms with E-state index in [1.807, 2.05) is 11.8 Å². The van der Waals surface area contributed by atoms with Crippen molar-refractivity contribution in [1.29, 1.82) is 0 Å². The average Bonchev–Trinajstić information content (AvgIpc) is 2.95. The summed E-state index contributed by atoms with van der Waals surface area (Å²) in [7, 11) is 1.30. The minimum absolute atomic E-state index is 0.168. The summed E-state index contributed by atoms with van der Waals surface area (Å²) in [5, 5.41) is 10.9. The number of hydrogen-bond donors (Lipinski definition) is 1. The van der Waals surface area contributed by atoms with E-state index in [2.05, 4.69) is 20.3 Å². The number of amides is 1. The van der Waals surface area contributed by atoms with Crippen LogP contribution in [0.15, 0.2) is 12.1 Å². The number of esters is 1. The molecular weight excluding hydrogens is 260 g/mol. The standard InChI is InChI=1S/C13H18N4O3/c1-3-12(18)17-7-6-9(8-17)14-11-5-4-10(15-16-11)13(19)20-2/h4-5,9H,3,6-8H2,1-2H3,(H,14,16). The van der Waals surface area contributed by atoms with E-state index in [-0.39, 0.29) is 17.6 Å². The van der Waals surface area contributed by atoms with E-state index in [4.69, 9.17) is 0 Å². The largest absolute Gasteiger partial charge is 0.464 e. The molecular formula is C13H18N4O3. The summed E-state index contributed by atoms with van der Waals surface area (Å²) in [6, 6.07) is 3.41. The van der Waals surface area contributed by atoms with E-state index >= 15 is 0 Å². The molecule has 7 nitrogen and oxygen atoms in total. The maximum Gasteiger partial charge on any atom is 0.358 e. The highest BCUT2D eigenvalue weighted by molar-refractivity contribution is 5.86. The number of aromatic nitrogens is 2. The number of nitrogens with one attached hydrogen (secondary N) is 1. The van der Waals surface area contributed by atoms with Crippen LogP contribution in [0.1, 0.15) is 30.3 Å². The van der Waals surface area contributed by atoms with Crippen LogP contribution in [0, 0.1) is 0 Å². The molecule has 1 fully saturated rings. The highest BCUT2D eigenvalue weighted by Gasteiger charge is 2.25. The maximum atomic E-state index is 11.6. The van der Waals surface area contributed by atoms with Crippen LogP contribution in [0.5, 0.6) is 0 Å². The van der Waals surface area contributed by atoms with E-state index in [0.29, 0.717) is 18.8 Å². The molecule has 1 N–H and O–H groups in total. The quantitative estimate of drug-likeness (QED) is 0.816. The summed E-state index contributed by atoms with van der Waals surface area (Å²) in [6.45, 7) is 3.30. The number of nitrogens with zero attached hydrogens (tertiary/aromatic N) is 3. The fourth-order valence-corrected chi connectivity index (χ4v) is 2.16. The first kappa shape index (κ1) is 14.2. The van der Waals surface area contributed by atoms with Gasteiger partial charge in [-0.05, 0) is 18.6 Å². The van der Waals surface area contributed by atoms with E-state index in [1.165, 1.54) is 7.11 Å². The van der Waals surface area contributed by atoms with Gasteiger partial charge in [0.05, 0.1) is 7.11 Å². The molecule has 1 unspecified atom stereocenters.